The van der Waals surface area contributed by atoms with Gasteiger partial charge in [0.05, 0.1) is 4.90 Å². The van der Waals surface area contributed by atoms with Crippen molar-refractivity contribution in [2.75, 3.05) is 20.3 Å². The van der Waals surface area contributed by atoms with E-state index >= 15 is 0 Å². The van der Waals surface area contributed by atoms with Gasteiger partial charge in [-0.25, -0.2) is 13.1 Å². The fourth-order valence-corrected chi connectivity index (χ4v) is 3.41. The van der Waals surface area contributed by atoms with Gasteiger partial charge >= 0.3 is 0 Å². The van der Waals surface area contributed by atoms with Crippen LogP contribution < -0.4 is 10.5 Å². The lowest BCUT2D eigenvalue weighted by atomic mass is 10.0. The Morgan fingerprint density at radius 2 is 2.15 bits per heavy atom. The highest BCUT2D eigenvalue weighted by Crippen LogP contribution is 2.48. The number of benzene rings is 1. The Kier molecular flexibility index (Phi) is 4.80. The molecule has 20 heavy (non-hydrogen) atoms. The van der Waals surface area contributed by atoms with Gasteiger partial charge in [-0.3, -0.25) is 0 Å². The molecule has 0 bridgehead atoms. The lowest BCUT2D eigenvalue weighted by molar-refractivity contribution is 0.173. The maximum Gasteiger partial charge on any atom is 0.240 e. The molecule has 1 aromatic rings. The van der Waals surface area contributed by atoms with Crippen molar-refractivity contribution in [3.8, 4) is 0 Å². The van der Waals surface area contributed by atoms with Gasteiger partial charge in [-0.15, -0.1) is 0 Å². The molecule has 0 spiro atoms. The zero-order valence-electron chi connectivity index (χ0n) is 11.8. The van der Waals surface area contributed by atoms with E-state index in [0.29, 0.717) is 19.7 Å². The molecule has 3 N–H and O–H groups in total. The van der Waals surface area contributed by atoms with Crippen LogP contribution in [-0.4, -0.2) is 28.7 Å². The zero-order chi connectivity index (χ0) is 14.6. The van der Waals surface area contributed by atoms with Gasteiger partial charge in [-0.05, 0) is 42.4 Å². The first-order valence-electron chi connectivity index (χ1n) is 6.79. The van der Waals surface area contributed by atoms with Gasteiger partial charge in [0.25, 0.3) is 0 Å². The Balaban J connectivity index is 2.00. The van der Waals surface area contributed by atoms with Crippen LogP contribution in [0.25, 0.3) is 0 Å². The van der Waals surface area contributed by atoms with Gasteiger partial charge in [0, 0.05) is 26.8 Å². The van der Waals surface area contributed by atoms with Crippen LogP contribution in [-0.2, 0) is 21.3 Å². The van der Waals surface area contributed by atoms with Crippen LogP contribution >= 0.6 is 0 Å². The molecule has 0 aliphatic heterocycles. The van der Waals surface area contributed by atoms with E-state index in [9.17, 15) is 8.42 Å². The number of nitrogens with one attached hydrogen (secondary N) is 1. The Morgan fingerprint density at radius 1 is 1.40 bits per heavy atom. The fraction of sp³-hybridized carbons (Fsp3) is 0.571. The molecule has 1 fully saturated rings. The first-order valence-corrected chi connectivity index (χ1v) is 8.27. The topological polar surface area (TPSA) is 81.4 Å². The number of nitrogens with two attached hydrogens (primary N) is 1. The lowest BCUT2D eigenvalue weighted by Gasteiger charge is -2.16. The summed E-state index contributed by atoms with van der Waals surface area (Å²) in [6, 6.07) is 6.75. The van der Waals surface area contributed by atoms with E-state index < -0.39 is 10.0 Å². The van der Waals surface area contributed by atoms with Crippen molar-refractivity contribution < 1.29 is 13.2 Å². The molecule has 5 nitrogen and oxygen atoms in total. The highest BCUT2D eigenvalue weighted by molar-refractivity contribution is 7.89. The van der Waals surface area contributed by atoms with Crippen molar-refractivity contribution >= 4 is 10.0 Å². The van der Waals surface area contributed by atoms with Gasteiger partial charge in [-0.1, -0.05) is 12.1 Å². The first-order chi connectivity index (χ1) is 9.51. The summed E-state index contributed by atoms with van der Waals surface area (Å²) in [5.74, 6) is 0. The molecule has 0 radical (unpaired) electrons. The van der Waals surface area contributed by atoms with Gasteiger partial charge in [0.2, 0.25) is 10.0 Å². The van der Waals surface area contributed by atoms with Crippen LogP contribution in [0.15, 0.2) is 29.2 Å². The number of methoxy groups -OCH3 is 1. The number of ether oxygens (including phenoxy) is 1. The summed E-state index contributed by atoms with van der Waals surface area (Å²) in [6.07, 6.45) is 3.01. The summed E-state index contributed by atoms with van der Waals surface area (Å²) in [5.41, 5.74) is 6.45. The predicted molar refractivity (Wildman–Crippen MR) is 77.7 cm³/mol. The second-order valence-electron chi connectivity index (χ2n) is 5.42. The predicted octanol–water partition coefficient (Wildman–Crippen LogP) is 1.24. The van der Waals surface area contributed by atoms with Crippen molar-refractivity contribution in [2.24, 2.45) is 11.1 Å². The van der Waals surface area contributed by atoms with Crippen LogP contribution in [0, 0.1) is 5.41 Å². The van der Waals surface area contributed by atoms with Crippen molar-refractivity contribution in [3.63, 3.8) is 0 Å². The van der Waals surface area contributed by atoms with E-state index in [1.165, 1.54) is 0 Å². The molecule has 6 heteroatoms. The van der Waals surface area contributed by atoms with E-state index in [1.54, 1.807) is 25.3 Å². The summed E-state index contributed by atoms with van der Waals surface area (Å²) < 4.78 is 32.3. The van der Waals surface area contributed by atoms with E-state index in [1.807, 2.05) is 6.07 Å². The maximum atomic E-state index is 12.3. The normalized spacial score (nSPS) is 17.1. The molecule has 1 aliphatic rings. The third-order valence-electron chi connectivity index (χ3n) is 3.88. The molecular formula is C14H22N2O3S. The summed E-state index contributed by atoms with van der Waals surface area (Å²) in [5, 5.41) is 0. The second-order valence-corrected chi connectivity index (χ2v) is 7.19. The van der Waals surface area contributed by atoms with Gasteiger partial charge < -0.3 is 10.5 Å². The van der Waals surface area contributed by atoms with Crippen LogP contribution in [0.3, 0.4) is 0 Å². The Morgan fingerprint density at radius 3 is 2.75 bits per heavy atom. The zero-order valence-corrected chi connectivity index (χ0v) is 12.6. The summed E-state index contributed by atoms with van der Waals surface area (Å²) >= 11 is 0. The van der Waals surface area contributed by atoms with Crippen LogP contribution in [0.4, 0.5) is 0 Å². The van der Waals surface area contributed by atoms with Crippen LogP contribution in [0.2, 0.25) is 0 Å². The number of rotatable bonds is 8. The summed E-state index contributed by atoms with van der Waals surface area (Å²) in [6.45, 7) is 1.48. The Bertz CT molecular complexity index is 553. The monoisotopic (exact) mass is 298 g/mol. The molecule has 112 valence electrons. The molecule has 1 saturated carbocycles. The average Bonchev–Trinajstić information content (AvgIpc) is 3.24. The van der Waals surface area contributed by atoms with E-state index in [2.05, 4.69) is 4.72 Å². The fourth-order valence-electron chi connectivity index (χ4n) is 2.18. The smallest absolute Gasteiger partial charge is 0.240 e. The molecule has 1 aromatic carbocycles. The molecular weight excluding hydrogens is 276 g/mol. The largest absolute Gasteiger partial charge is 0.385 e. The third-order valence-corrected chi connectivity index (χ3v) is 5.27. The SMILES string of the molecule is COCCC1(CNS(=O)(=O)c2cccc(CN)c2)CC1. The van der Waals surface area contributed by atoms with Gasteiger partial charge in [0.15, 0.2) is 0 Å². The second kappa shape index (κ2) is 6.22. The number of hydrogen-bond donors (Lipinski definition) is 2. The molecule has 0 atom stereocenters. The van der Waals surface area contributed by atoms with Crippen molar-refractivity contribution in [1.82, 2.24) is 4.72 Å². The van der Waals surface area contributed by atoms with Gasteiger partial charge in [-0.2, -0.15) is 0 Å². The molecule has 0 aromatic heterocycles. The molecule has 0 amide bonds. The minimum absolute atomic E-state index is 0.0918. The van der Waals surface area contributed by atoms with E-state index in [4.69, 9.17) is 10.5 Å². The van der Waals surface area contributed by atoms with Crippen LogP contribution in [0.1, 0.15) is 24.8 Å². The third kappa shape index (κ3) is 3.79. The average molecular weight is 298 g/mol. The minimum Gasteiger partial charge on any atom is -0.385 e. The lowest BCUT2D eigenvalue weighted by Crippen LogP contribution is -2.31. The highest BCUT2D eigenvalue weighted by Gasteiger charge is 2.42. The van der Waals surface area contributed by atoms with E-state index in [0.717, 1.165) is 24.8 Å². The van der Waals surface area contributed by atoms with Crippen molar-refractivity contribution in [3.05, 3.63) is 29.8 Å². The summed E-state index contributed by atoms with van der Waals surface area (Å²) in [4.78, 5) is 0.281. The molecule has 0 unspecified atom stereocenters. The highest BCUT2D eigenvalue weighted by atomic mass is 32.2. The van der Waals surface area contributed by atoms with Gasteiger partial charge in [0.1, 0.15) is 0 Å². The molecule has 0 saturated heterocycles. The Hall–Kier alpha value is -0.950. The van der Waals surface area contributed by atoms with Crippen molar-refractivity contribution in [2.45, 2.75) is 30.7 Å². The summed E-state index contributed by atoms with van der Waals surface area (Å²) in [7, 11) is -1.79. The minimum atomic E-state index is -3.46. The van der Waals surface area contributed by atoms with Crippen LogP contribution in [0.5, 0.6) is 0 Å². The molecule has 2 rings (SSSR count). The quantitative estimate of drug-likeness (QED) is 0.756. The number of hydrogen-bond acceptors (Lipinski definition) is 4. The van der Waals surface area contributed by atoms with E-state index in [-0.39, 0.29) is 10.3 Å². The first kappa shape index (κ1) is 15.4. The molecule has 0 heterocycles. The number of sulfonamides is 1. The molecule has 1 aliphatic carbocycles. The standard InChI is InChI=1S/C14H22N2O3S/c1-19-8-7-14(5-6-14)11-16-20(17,18)13-4-2-3-12(9-13)10-15/h2-4,9,16H,5-8,10-11,15H2,1H3. The van der Waals surface area contributed by atoms with Crippen molar-refractivity contribution in [1.29, 1.82) is 0 Å². The Labute approximate surface area is 120 Å². The maximum absolute atomic E-state index is 12.3.